The van der Waals surface area contributed by atoms with E-state index in [0.717, 1.165) is 68.0 Å². The number of rotatable bonds is 8. The molecule has 2 aliphatic heterocycles. The molecule has 0 unspecified atom stereocenters. The summed E-state index contributed by atoms with van der Waals surface area (Å²) >= 11 is 1.17. The lowest BCUT2D eigenvalue weighted by atomic mass is 9.95. The van der Waals surface area contributed by atoms with Crippen molar-refractivity contribution in [2.24, 2.45) is 5.92 Å². The van der Waals surface area contributed by atoms with Crippen molar-refractivity contribution in [1.29, 1.82) is 0 Å². The molecule has 3 aliphatic rings. The number of amides is 1. The monoisotopic (exact) mass is 487 g/mol. The summed E-state index contributed by atoms with van der Waals surface area (Å²) in [6, 6.07) is 4.84. The zero-order chi connectivity index (χ0) is 23.8. The van der Waals surface area contributed by atoms with Crippen LogP contribution in [0.25, 0.3) is 0 Å². The third-order valence-electron chi connectivity index (χ3n) is 8.29. The Morgan fingerprint density at radius 3 is 2.44 bits per heavy atom. The van der Waals surface area contributed by atoms with Crippen LogP contribution in [0.15, 0.2) is 12.1 Å². The highest BCUT2D eigenvalue weighted by Crippen LogP contribution is 2.42. The lowest BCUT2D eigenvalue weighted by molar-refractivity contribution is -0.125. The van der Waals surface area contributed by atoms with Crippen molar-refractivity contribution in [2.75, 3.05) is 6.54 Å². The Morgan fingerprint density at radius 1 is 1.12 bits per heavy atom. The first-order chi connectivity index (χ1) is 16.4. The molecule has 3 atom stereocenters. The van der Waals surface area contributed by atoms with Gasteiger partial charge < -0.3 is 9.88 Å². The standard InChI is InChI=1S/C26H38FN5OS/c1-16(2)25-30-29-17(3)32(25)21-14-19-8-9-20(15-21)31(19)13-12-22(23-10-11-24(27)34-23)28-26(33)18-6-4-5-7-18/h10-11,16,18-22H,4-9,12-15H2,1-3H3,(H,28,33)/t19-,20-,22-/m0/s1. The smallest absolute Gasteiger partial charge is 0.223 e. The highest BCUT2D eigenvalue weighted by atomic mass is 32.1. The van der Waals surface area contributed by atoms with Gasteiger partial charge in [0.1, 0.15) is 11.6 Å². The first kappa shape index (κ1) is 23.9. The van der Waals surface area contributed by atoms with Crippen LogP contribution < -0.4 is 5.32 Å². The van der Waals surface area contributed by atoms with Crippen molar-refractivity contribution in [3.05, 3.63) is 33.8 Å². The zero-order valence-corrected chi connectivity index (χ0v) is 21.5. The van der Waals surface area contributed by atoms with E-state index >= 15 is 0 Å². The molecule has 6 nitrogen and oxygen atoms in total. The van der Waals surface area contributed by atoms with E-state index in [2.05, 4.69) is 45.8 Å². The van der Waals surface area contributed by atoms with Gasteiger partial charge in [-0.3, -0.25) is 9.69 Å². The summed E-state index contributed by atoms with van der Waals surface area (Å²) in [4.78, 5) is 16.5. The summed E-state index contributed by atoms with van der Waals surface area (Å²) in [7, 11) is 0. The lowest BCUT2D eigenvalue weighted by Gasteiger charge is -2.40. The molecule has 1 aliphatic carbocycles. The van der Waals surface area contributed by atoms with E-state index in [-0.39, 0.29) is 23.0 Å². The topological polar surface area (TPSA) is 63.1 Å². The number of fused-ring (bicyclic) bond motifs is 2. The van der Waals surface area contributed by atoms with Gasteiger partial charge in [-0.05, 0) is 64.0 Å². The first-order valence-electron chi connectivity index (χ1n) is 13.1. The molecule has 2 bridgehead atoms. The molecule has 0 aromatic carbocycles. The molecule has 34 heavy (non-hydrogen) atoms. The summed E-state index contributed by atoms with van der Waals surface area (Å²) < 4.78 is 16.2. The van der Waals surface area contributed by atoms with E-state index in [4.69, 9.17) is 0 Å². The Kier molecular flexibility index (Phi) is 7.07. The number of nitrogens with zero attached hydrogens (tertiary/aromatic N) is 4. The van der Waals surface area contributed by atoms with Crippen molar-refractivity contribution >= 4 is 17.2 Å². The number of hydrogen-bond acceptors (Lipinski definition) is 5. The Balaban J connectivity index is 1.26. The van der Waals surface area contributed by atoms with E-state index in [1.54, 1.807) is 0 Å². The number of carbonyl (C=O) groups excluding carboxylic acids is 1. The maximum Gasteiger partial charge on any atom is 0.223 e. The Morgan fingerprint density at radius 2 is 1.82 bits per heavy atom. The fourth-order valence-corrected chi connectivity index (χ4v) is 7.43. The van der Waals surface area contributed by atoms with Gasteiger partial charge in [-0.1, -0.05) is 26.7 Å². The van der Waals surface area contributed by atoms with Gasteiger partial charge in [-0.25, -0.2) is 0 Å². The molecular formula is C26H38FN5OS. The van der Waals surface area contributed by atoms with Gasteiger partial charge >= 0.3 is 0 Å². The van der Waals surface area contributed by atoms with Crippen LogP contribution in [0, 0.1) is 18.0 Å². The first-order valence-corrected chi connectivity index (χ1v) is 13.9. The number of aryl methyl sites for hydroxylation is 1. The van der Waals surface area contributed by atoms with E-state index in [9.17, 15) is 9.18 Å². The second-order valence-corrected chi connectivity index (χ2v) is 11.9. The van der Waals surface area contributed by atoms with Crippen LogP contribution in [0.5, 0.6) is 0 Å². The second kappa shape index (κ2) is 10.1. The minimum absolute atomic E-state index is 0.104. The zero-order valence-electron chi connectivity index (χ0n) is 20.7. The Labute approximate surface area is 206 Å². The van der Waals surface area contributed by atoms with E-state index in [1.807, 2.05) is 6.07 Å². The number of nitrogens with one attached hydrogen (secondary N) is 1. The minimum Gasteiger partial charge on any atom is -0.348 e. The normalized spacial score (nSPS) is 26.4. The molecule has 0 radical (unpaired) electrons. The highest BCUT2D eigenvalue weighted by Gasteiger charge is 2.42. The predicted octanol–water partition coefficient (Wildman–Crippen LogP) is 5.52. The summed E-state index contributed by atoms with van der Waals surface area (Å²) in [5.41, 5.74) is 0. The van der Waals surface area contributed by atoms with E-state index < -0.39 is 0 Å². The van der Waals surface area contributed by atoms with Gasteiger partial charge in [-0.2, -0.15) is 4.39 Å². The summed E-state index contributed by atoms with van der Waals surface area (Å²) in [6.45, 7) is 7.40. The van der Waals surface area contributed by atoms with Gasteiger partial charge in [0.25, 0.3) is 0 Å². The van der Waals surface area contributed by atoms with Gasteiger partial charge in [-0.15, -0.1) is 21.5 Å². The van der Waals surface area contributed by atoms with Crippen LogP contribution in [-0.4, -0.2) is 44.2 Å². The number of aromatic nitrogens is 3. The van der Waals surface area contributed by atoms with Crippen LogP contribution in [-0.2, 0) is 4.79 Å². The van der Waals surface area contributed by atoms with Crippen LogP contribution in [0.2, 0.25) is 0 Å². The third-order valence-corrected chi connectivity index (χ3v) is 9.28. The quantitative estimate of drug-likeness (QED) is 0.533. The number of piperidine rings is 1. The summed E-state index contributed by atoms with van der Waals surface area (Å²) in [5, 5.41) is 12.0. The van der Waals surface area contributed by atoms with Gasteiger partial charge in [0.05, 0.1) is 6.04 Å². The number of carbonyl (C=O) groups is 1. The van der Waals surface area contributed by atoms with Crippen molar-refractivity contribution in [3.63, 3.8) is 0 Å². The highest BCUT2D eigenvalue weighted by molar-refractivity contribution is 7.10. The molecule has 1 N–H and O–H groups in total. The van der Waals surface area contributed by atoms with Crippen LogP contribution in [0.1, 0.15) is 106 Å². The minimum atomic E-state index is -0.179. The van der Waals surface area contributed by atoms with E-state index in [0.29, 0.717) is 24.0 Å². The molecule has 5 rings (SSSR count). The van der Waals surface area contributed by atoms with Gasteiger partial charge in [0, 0.05) is 41.4 Å². The molecule has 3 fully saturated rings. The SMILES string of the molecule is Cc1nnc(C(C)C)n1C1C[C@@H]2CC[C@@H](C1)N2CC[C@H](NC(=O)C1CCCC1)c1ccc(F)s1. The Bertz CT molecular complexity index is 983. The molecule has 8 heteroatoms. The fraction of sp³-hybridized carbons (Fsp3) is 0.731. The number of thiophene rings is 1. The van der Waals surface area contributed by atoms with Crippen LogP contribution >= 0.6 is 11.3 Å². The summed E-state index contributed by atoms with van der Waals surface area (Å²) in [5.74, 6) is 2.77. The van der Waals surface area contributed by atoms with Gasteiger partial charge in [0.2, 0.25) is 5.91 Å². The third kappa shape index (κ3) is 4.81. The molecule has 2 saturated heterocycles. The van der Waals surface area contributed by atoms with Crippen molar-refractivity contribution in [2.45, 2.75) is 109 Å². The molecule has 1 saturated carbocycles. The largest absolute Gasteiger partial charge is 0.348 e. The maximum absolute atomic E-state index is 13.8. The van der Waals surface area contributed by atoms with Gasteiger partial charge in [0.15, 0.2) is 5.13 Å². The van der Waals surface area contributed by atoms with Crippen molar-refractivity contribution in [1.82, 2.24) is 25.0 Å². The van der Waals surface area contributed by atoms with Crippen molar-refractivity contribution in [3.8, 4) is 0 Å². The fourth-order valence-electron chi connectivity index (χ4n) is 6.61. The average Bonchev–Trinajstić information content (AvgIpc) is 3.59. The number of hydrogen-bond donors (Lipinski definition) is 1. The van der Waals surface area contributed by atoms with Crippen molar-refractivity contribution < 1.29 is 9.18 Å². The lowest BCUT2D eigenvalue weighted by Crippen LogP contribution is -2.45. The molecule has 186 valence electrons. The van der Waals surface area contributed by atoms with E-state index in [1.165, 1.54) is 30.2 Å². The predicted molar refractivity (Wildman–Crippen MR) is 132 cm³/mol. The molecule has 0 spiro atoms. The Hall–Kier alpha value is -1.80. The molecular weight excluding hydrogens is 449 g/mol. The molecule has 2 aromatic rings. The molecule has 2 aromatic heterocycles. The molecule has 4 heterocycles. The summed E-state index contributed by atoms with van der Waals surface area (Å²) in [6.07, 6.45) is 9.78. The number of halogens is 1. The van der Waals surface area contributed by atoms with Crippen LogP contribution in [0.4, 0.5) is 4.39 Å². The maximum atomic E-state index is 13.8. The van der Waals surface area contributed by atoms with Crippen LogP contribution in [0.3, 0.4) is 0 Å². The second-order valence-electron chi connectivity index (χ2n) is 10.9. The molecule has 1 amide bonds. The average molecular weight is 488 g/mol.